The molecule has 2 N–H and O–H groups in total. The van der Waals surface area contributed by atoms with Crippen LogP contribution >= 0.6 is 0 Å². The van der Waals surface area contributed by atoms with Crippen LogP contribution in [0.15, 0.2) is 10.9 Å². The molecule has 1 atom stereocenters. The minimum Gasteiger partial charge on any atom is -0.367 e. The fraction of sp³-hybridized carbons (Fsp3) is 0.667. The Hall–Kier alpha value is -1.32. The summed E-state index contributed by atoms with van der Waals surface area (Å²) in [6.07, 6.45) is 2.29. The molecule has 0 spiro atoms. The summed E-state index contributed by atoms with van der Waals surface area (Å²) in [6.45, 7) is 6.39. The maximum atomic E-state index is 11.5. The van der Waals surface area contributed by atoms with Crippen LogP contribution in [-0.4, -0.2) is 16.0 Å². The predicted octanol–water partition coefficient (Wildman–Crippen LogP) is 2.10. The Morgan fingerprint density at radius 1 is 1.44 bits per heavy atom. The lowest BCUT2D eigenvalue weighted by Gasteiger charge is -2.18. The van der Waals surface area contributed by atoms with Crippen LogP contribution in [0.25, 0.3) is 0 Å². The second kappa shape index (κ2) is 4.28. The van der Waals surface area contributed by atoms with Gasteiger partial charge in [-0.3, -0.25) is 4.79 Å². The minimum absolute atomic E-state index is 0.0599. The van der Waals surface area contributed by atoms with Crippen molar-refractivity contribution < 1.29 is 0 Å². The van der Waals surface area contributed by atoms with Gasteiger partial charge in [-0.25, -0.2) is 4.98 Å². The van der Waals surface area contributed by atoms with Crippen LogP contribution in [0.5, 0.6) is 0 Å². The average molecular weight is 221 g/mol. The van der Waals surface area contributed by atoms with Crippen molar-refractivity contribution in [2.24, 2.45) is 5.92 Å². The molecule has 1 unspecified atom stereocenters. The normalized spacial score (nSPS) is 17.5. The second-order valence-electron chi connectivity index (χ2n) is 4.97. The van der Waals surface area contributed by atoms with Crippen LogP contribution in [0, 0.1) is 5.92 Å². The van der Waals surface area contributed by atoms with E-state index in [1.807, 2.05) is 0 Å². The third-order valence-corrected chi connectivity index (χ3v) is 3.10. The SMILES string of the molecule is CC(C)C(C)Nc1cc(=O)[nH]c(C2CC2)n1. The number of H-pyrrole nitrogens is 1. The smallest absolute Gasteiger partial charge is 0.252 e. The lowest BCUT2D eigenvalue weighted by molar-refractivity contribution is 0.557. The fourth-order valence-electron chi connectivity index (χ4n) is 1.50. The van der Waals surface area contributed by atoms with E-state index >= 15 is 0 Å². The predicted molar refractivity (Wildman–Crippen MR) is 64.8 cm³/mol. The van der Waals surface area contributed by atoms with Crippen LogP contribution < -0.4 is 10.9 Å². The van der Waals surface area contributed by atoms with Crippen molar-refractivity contribution in [3.8, 4) is 0 Å². The van der Waals surface area contributed by atoms with Crippen molar-refractivity contribution >= 4 is 5.82 Å². The monoisotopic (exact) mass is 221 g/mol. The molecule has 1 aliphatic carbocycles. The van der Waals surface area contributed by atoms with E-state index in [0.717, 1.165) is 18.7 Å². The number of anilines is 1. The summed E-state index contributed by atoms with van der Waals surface area (Å²) in [6, 6.07) is 1.85. The van der Waals surface area contributed by atoms with E-state index in [1.54, 1.807) is 0 Å². The van der Waals surface area contributed by atoms with Gasteiger partial charge in [-0.15, -0.1) is 0 Å². The standard InChI is InChI=1S/C12H19N3O/c1-7(2)8(3)13-10-6-11(16)15-12(14-10)9-4-5-9/h6-9H,4-5H2,1-3H3,(H2,13,14,15,16). The van der Waals surface area contributed by atoms with Gasteiger partial charge in [-0.2, -0.15) is 0 Å². The van der Waals surface area contributed by atoms with Crippen LogP contribution in [0.2, 0.25) is 0 Å². The van der Waals surface area contributed by atoms with Crippen molar-refractivity contribution in [3.63, 3.8) is 0 Å². The number of aromatic amines is 1. The lowest BCUT2D eigenvalue weighted by atomic mass is 10.1. The van der Waals surface area contributed by atoms with Crippen molar-refractivity contribution in [2.75, 3.05) is 5.32 Å². The molecule has 0 amide bonds. The molecule has 1 aliphatic rings. The zero-order valence-corrected chi connectivity index (χ0v) is 10.1. The van der Waals surface area contributed by atoms with Gasteiger partial charge in [0.25, 0.3) is 5.56 Å². The average Bonchev–Trinajstić information content (AvgIpc) is 2.99. The summed E-state index contributed by atoms with van der Waals surface area (Å²) in [4.78, 5) is 18.7. The molecule has 1 fully saturated rings. The molecule has 0 radical (unpaired) electrons. The summed E-state index contributed by atoms with van der Waals surface area (Å²) in [5, 5.41) is 3.27. The molecule has 4 nitrogen and oxygen atoms in total. The molecule has 0 bridgehead atoms. The van der Waals surface area contributed by atoms with E-state index < -0.39 is 0 Å². The molecule has 0 aliphatic heterocycles. The molecule has 88 valence electrons. The highest BCUT2D eigenvalue weighted by molar-refractivity contribution is 5.35. The molecule has 0 saturated heterocycles. The first kappa shape index (κ1) is 11.2. The van der Waals surface area contributed by atoms with Gasteiger partial charge in [0.1, 0.15) is 11.6 Å². The maximum absolute atomic E-state index is 11.5. The van der Waals surface area contributed by atoms with Gasteiger partial charge >= 0.3 is 0 Å². The summed E-state index contributed by atoms with van der Waals surface area (Å²) in [5.74, 6) is 2.53. The molecule has 1 aromatic rings. The van der Waals surface area contributed by atoms with Gasteiger partial charge in [-0.1, -0.05) is 13.8 Å². The molecule has 1 heterocycles. The van der Waals surface area contributed by atoms with E-state index in [-0.39, 0.29) is 5.56 Å². The number of hydrogen-bond donors (Lipinski definition) is 2. The number of nitrogens with zero attached hydrogens (tertiary/aromatic N) is 1. The third-order valence-electron chi connectivity index (χ3n) is 3.10. The van der Waals surface area contributed by atoms with Crippen LogP contribution in [-0.2, 0) is 0 Å². The van der Waals surface area contributed by atoms with Gasteiger partial charge < -0.3 is 10.3 Å². The highest BCUT2D eigenvalue weighted by Crippen LogP contribution is 2.37. The fourth-order valence-corrected chi connectivity index (χ4v) is 1.50. The number of rotatable bonds is 4. The minimum atomic E-state index is -0.0599. The first-order valence-corrected chi connectivity index (χ1v) is 5.94. The highest BCUT2D eigenvalue weighted by atomic mass is 16.1. The molecule has 1 aromatic heterocycles. The summed E-state index contributed by atoms with van der Waals surface area (Å²) in [5.41, 5.74) is -0.0599. The molecule has 2 rings (SSSR count). The quantitative estimate of drug-likeness (QED) is 0.818. The van der Waals surface area contributed by atoms with Gasteiger partial charge in [0.15, 0.2) is 0 Å². The third kappa shape index (κ3) is 2.62. The van der Waals surface area contributed by atoms with Gasteiger partial charge in [0.2, 0.25) is 0 Å². The molecule has 0 aromatic carbocycles. The molecule has 16 heavy (non-hydrogen) atoms. The van der Waals surface area contributed by atoms with E-state index in [1.165, 1.54) is 6.07 Å². The molecular formula is C12H19N3O. The van der Waals surface area contributed by atoms with Crippen LogP contribution in [0.3, 0.4) is 0 Å². The van der Waals surface area contributed by atoms with Gasteiger partial charge in [-0.05, 0) is 25.7 Å². The van der Waals surface area contributed by atoms with Crippen molar-refractivity contribution in [3.05, 3.63) is 22.2 Å². The van der Waals surface area contributed by atoms with Crippen LogP contribution in [0.4, 0.5) is 5.82 Å². The van der Waals surface area contributed by atoms with E-state index in [2.05, 4.69) is 36.1 Å². The number of aromatic nitrogens is 2. The summed E-state index contributed by atoms with van der Waals surface area (Å²) in [7, 11) is 0. The Labute approximate surface area is 95.5 Å². The van der Waals surface area contributed by atoms with Crippen molar-refractivity contribution in [1.29, 1.82) is 0 Å². The zero-order valence-electron chi connectivity index (χ0n) is 10.1. The Morgan fingerprint density at radius 2 is 2.12 bits per heavy atom. The number of nitrogens with one attached hydrogen (secondary N) is 2. The first-order chi connectivity index (χ1) is 7.56. The largest absolute Gasteiger partial charge is 0.367 e. The van der Waals surface area contributed by atoms with E-state index in [0.29, 0.717) is 23.7 Å². The Balaban J connectivity index is 2.17. The van der Waals surface area contributed by atoms with Crippen molar-refractivity contribution in [1.82, 2.24) is 9.97 Å². The Kier molecular flexibility index (Phi) is 2.99. The molecule has 4 heteroatoms. The Morgan fingerprint density at radius 3 is 2.69 bits per heavy atom. The Bertz CT molecular complexity index is 421. The topological polar surface area (TPSA) is 57.8 Å². The number of hydrogen-bond acceptors (Lipinski definition) is 3. The highest BCUT2D eigenvalue weighted by Gasteiger charge is 2.26. The van der Waals surface area contributed by atoms with E-state index in [4.69, 9.17) is 0 Å². The zero-order chi connectivity index (χ0) is 11.7. The molecule has 1 saturated carbocycles. The first-order valence-electron chi connectivity index (χ1n) is 5.94. The lowest BCUT2D eigenvalue weighted by Crippen LogP contribution is -2.24. The van der Waals surface area contributed by atoms with Crippen LogP contribution in [0.1, 0.15) is 45.4 Å². The summed E-state index contributed by atoms with van der Waals surface area (Å²) < 4.78 is 0. The van der Waals surface area contributed by atoms with Gasteiger partial charge in [0, 0.05) is 18.0 Å². The van der Waals surface area contributed by atoms with E-state index in [9.17, 15) is 4.79 Å². The summed E-state index contributed by atoms with van der Waals surface area (Å²) >= 11 is 0. The van der Waals surface area contributed by atoms with Gasteiger partial charge in [0.05, 0.1) is 0 Å². The second-order valence-corrected chi connectivity index (χ2v) is 4.97. The molecular weight excluding hydrogens is 202 g/mol. The maximum Gasteiger partial charge on any atom is 0.252 e. The van der Waals surface area contributed by atoms with Crippen molar-refractivity contribution in [2.45, 2.75) is 45.6 Å².